The summed E-state index contributed by atoms with van der Waals surface area (Å²) in [6, 6.07) is 3.55. The molecule has 22 heavy (non-hydrogen) atoms. The monoisotopic (exact) mass is 329 g/mol. The van der Waals surface area contributed by atoms with Gasteiger partial charge in [-0.25, -0.2) is 8.42 Å². The number of aromatic nitrogens is 1. The largest absolute Gasteiger partial charge is 0.385 e. The Morgan fingerprint density at radius 3 is 2.82 bits per heavy atom. The van der Waals surface area contributed by atoms with Crippen LogP contribution in [0.15, 0.2) is 24.5 Å². The van der Waals surface area contributed by atoms with Gasteiger partial charge in [-0.15, -0.1) is 0 Å². The van der Waals surface area contributed by atoms with E-state index in [9.17, 15) is 13.2 Å². The fraction of sp³-hybridized carbons (Fsp3) is 0.571. The first-order valence-electron chi connectivity index (χ1n) is 7.03. The van der Waals surface area contributed by atoms with Gasteiger partial charge in [-0.2, -0.15) is 4.31 Å². The number of hydrogen-bond acceptors (Lipinski definition) is 5. The van der Waals surface area contributed by atoms with Crippen LogP contribution in [0.5, 0.6) is 0 Å². The molecule has 0 bridgehead atoms. The second kappa shape index (κ2) is 9.50. The van der Waals surface area contributed by atoms with Gasteiger partial charge in [0.15, 0.2) is 0 Å². The maximum absolute atomic E-state index is 11.8. The molecule has 0 aliphatic carbocycles. The van der Waals surface area contributed by atoms with Crippen molar-refractivity contribution in [3.63, 3.8) is 0 Å². The summed E-state index contributed by atoms with van der Waals surface area (Å²) < 4.78 is 29.8. The Bertz CT molecular complexity index is 548. The van der Waals surface area contributed by atoms with Gasteiger partial charge in [0.05, 0.1) is 6.26 Å². The van der Waals surface area contributed by atoms with Crippen molar-refractivity contribution in [1.29, 1.82) is 0 Å². The van der Waals surface area contributed by atoms with E-state index in [4.69, 9.17) is 4.74 Å². The van der Waals surface area contributed by atoms with Gasteiger partial charge in [0.1, 0.15) is 0 Å². The number of pyridine rings is 1. The highest BCUT2D eigenvalue weighted by Crippen LogP contribution is 2.08. The van der Waals surface area contributed by atoms with Crippen molar-refractivity contribution in [3.8, 4) is 0 Å². The number of hydrogen-bond donors (Lipinski definition) is 1. The molecule has 0 saturated carbocycles. The minimum absolute atomic E-state index is 0.125. The number of methoxy groups -OCH3 is 1. The van der Waals surface area contributed by atoms with Gasteiger partial charge in [-0.3, -0.25) is 9.78 Å². The Balaban J connectivity index is 2.48. The highest BCUT2D eigenvalue weighted by Gasteiger charge is 2.18. The van der Waals surface area contributed by atoms with Crippen LogP contribution in [0.1, 0.15) is 18.4 Å². The molecule has 7 nitrogen and oxygen atoms in total. The average molecular weight is 329 g/mol. The first kappa shape index (κ1) is 18.5. The zero-order valence-electron chi connectivity index (χ0n) is 13.0. The molecule has 0 aliphatic rings. The molecule has 0 atom stereocenters. The van der Waals surface area contributed by atoms with Crippen molar-refractivity contribution in [1.82, 2.24) is 14.6 Å². The van der Waals surface area contributed by atoms with E-state index in [1.807, 2.05) is 0 Å². The minimum Gasteiger partial charge on any atom is -0.385 e. The molecule has 1 aromatic rings. The van der Waals surface area contributed by atoms with Gasteiger partial charge in [0, 0.05) is 52.2 Å². The molecule has 1 N–H and O–H groups in total. The molecule has 0 aromatic carbocycles. The molecule has 0 fully saturated rings. The lowest BCUT2D eigenvalue weighted by Crippen LogP contribution is -2.34. The zero-order valence-corrected chi connectivity index (χ0v) is 13.8. The molecule has 0 saturated heterocycles. The highest BCUT2D eigenvalue weighted by atomic mass is 32.2. The van der Waals surface area contributed by atoms with Crippen LogP contribution in [0.2, 0.25) is 0 Å². The van der Waals surface area contributed by atoms with E-state index in [0.29, 0.717) is 13.2 Å². The Kier molecular flexibility index (Phi) is 8.00. The topological polar surface area (TPSA) is 88.6 Å². The lowest BCUT2D eigenvalue weighted by atomic mass is 10.3. The number of nitrogens with one attached hydrogen (secondary N) is 1. The van der Waals surface area contributed by atoms with Crippen LogP contribution in [0, 0.1) is 0 Å². The lowest BCUT2D eigenvalue weighted by molar-refractivity contribution is -0.121. The summed E-state index contributed by atoms with van der Waals surface area (Å²) >= 11 is 0. The lowest BCUT2D eigenvalue weighted by Gasteiger charge is -2.19. The van der Waals surface area contributed by atoms with E-state index in [2.05, 4.69) is 10.3 Å². The van der Waals surface area contributed by atoms with Crippen LogP contribution < -0.4 is 5.32 Å². The summed E-state index contributed by atoms with van der Waals surface area (Å²) in [5.74, 6) is -0.170. The molecule has 124 valence electrons. The highest BCUT2D eigenvalue weighted by molar-refractivity contribution is 7.88. The molecule has 0 spiro atoms. The number of sulfonamides is 1. The number of carbonyl (C=O) groups is 1. The minimum atomic E-state index is -3.38. The van der Waals surface area contributed by atoms with Gasteiger partial charge in [-0.1, -0.05) is 6.07 Å². The smallest absolute Gasteiger partial charge is 0.221 e. The van der Waals surface area contributed by atoms with Crippen molar-refractivity contribution < 1.29 is 17.9 Å². The molecule has 1 rings (SSSR count). The standard InChI is InChI=1S/C14H23N3O4S/c1-21-10-4-8-16-14(18)6-9-17(22(2,19)20)12-13-5-3-7-15-11-13/h3,5,7,11H,4,6,8-10,12H2,1-2H3,(H,16,18). The van der Waals surface area contributed by atoms with E-state index in [-0.39, 0.29) is 25.4 Å². The molecular weight excluding hydrogens is 306 g/mol. The normalized spacial score (nSPS) is 11.6. The average Bonchev–Trinajstić information content (AvgIpc) is 2.48. The van der Waals surface area contributed by atoms with Gasteiger partial charge < -0.3 is 10.1 Å². The van der Waals surface area contributed by atoms with Crippen LogP contribution in [-0.4, -0.2) is 56.7 Å². The van der Waals surface area contributed by atoms with E-state index >= 15 is 0 Å². The molecular formula is C14H23N3O4S. The Morgan fingerprint density at radius 1 is 1.45 bits per heavy atom. The van der Waals surface area contributed by atoms with Crippen LogP contribution in [0.4, 0.5) is 0 Å². The van der Waals surface area contributed by atoms with Gasteiger partial charge in [0.2, 0.25) is 15.9 Å². The third-order valence-corrected chi connectivity index (χ3v) is 4.24. The number of rotatable bonds is 10. The molecule has 0 aliphatic heterocycles. The number of carbonyl (C=O) groups excluding carboxylic acids is 1. The van der Waals surface area contributed by atoms with Crippen molar-refractivity contribution in [2.75, 3.05) is 33.1 Å². The molecule has 0 unspecified atom stereocenters. The molecule has 1 amide bonds. The Labute approximate surface area is 131 Å². The first-order chi connectivity index (χ1) is 10.4. The third-order valence-electron chi connectivity index (χ3n) is 2.99. The molecule has 8 heteroatoms. The fourth-order valence-corrected chi connectivity index (χ4v) is 2.62. The molecule has 1 aromatic heterocycles. The van der Waals surface area contributed by atoms with Gasteiger partial charge >= 0.3 is 0 Å². The predicted molar refractivity (Wildman–Crippen MR) is 83.6 cm³/mol. The van der Waals surface area contributed by atoms with E-state index < -0.39 is 10.0 Å². The van der Waals surface area contributed by atoms with Crippen LogP contribution in [-0.2, 0) is 26.1 Å². The predicted octanol–water partition coefficient (Wildman–Crippen LogP) is 0.386. The Hall–Kier alpha value is -1.51. The quantitative estimate of drug-likeness (QED) is 0.627. The van der Waals surface area contributed by atoms with Crippen molar-refractivity contribution in [2.45, 2.75) is 19.4 Å². The van der Waals surface area contributed by atoms with E-state index in [0.717, 1.165) is 18.2 Å². The van der Waals surface area contributed by atoms with Crippen molar-refractivity contribution in [2.24, 2.45) is 0 Å². The number of nitrogens with zero attached hydrogens (tertiary/aromatic N) is 2. The van der Waals surface area contributed by atoms with Crippen molar-refractivity contribution >= 4 is 15.9 Å². The van der Waals surface area contributed by atoms with Gasteiger partial charge in [-0.05, 0) is 18.1 Å². The summed E-state index contributed by atoms with van der Waals surface area (Å²) in [4.78, 5) is 15.7. The maximum atomic E-state index is 11.8. The molecule has 0 radical (unpaired) electrons. The molecule has 1 heterocycles. The third kappa shape index (κ3) is 7.48. The van der Waals surface area contributed by atoms with Crippen LogP contribution in [0.3, 0.4) is 0 Å². The Morgan fingerprint density at radius 2 is 2.23 bits per heavy atom. The summed E-state index contributed by atoms with van der Waals surface area (Å²) in [6.45, 7) is 1.46. The SMILES string of the molecule is COCCCNC(=O)CCN(Cc1cccnc1)S(C)(=O)=O. The van der Waals surface area contributed by atoms with Gasteiger partial charge in [0.25, 0.3) is 0 Å². The summed E-state index contributed by atoms with van der Waals surface area (Å²) in [5, 5.41) is 2.74. The first-order valence-corrected chi connectivity index (χ1v) is 8.88. The summed E-state index contributed by atoms with van der Waals surface area (Å²) in [5.41, 5.74) is 0.786. The zero-order chi connectivity index (χ0) is 16.4. The maximum Gasteiger partial charge on any atom is 0.221 e. The van der Waals surface area contributed by atoms with Crippen LogP contribution >= 0.6 is 0 Å². The summed E-state index contributed by atoms with van der Waals surface area (Å²) in [6.07, 6.45) is 5.23. The van der Waals surface area contributed by atoms with E-state index in [1.54, 1.807) is 31.6 Å². The van der Waals surface area contributed by atoms with Crippen molar-refractivity contribution in [3.05, 3.63) is 30.1 Å². The summed E-state index contributed by atoms with van der Waals surface area (Å²) in [7, 11) is -1.78. The second-order valence-corrected chi connectivity index (χ2v) is 6.89. The van der Waals surface area contributed by atoms with E-state index in [1.165, 1.54) is 4.31 Å². The fourth-order valence-electron chi connectivity index (χ4n) is 1.82. The van der Waals surface area contributed by atoms with Crippen LogP contribution in [0.25, 0.3) is 0 Å². The second-order valence-electron chi connectivity index (χ2n) is 4.90. The number of ether oxygens (including phenoxy) is 1. The number of amides is 1.